The molecule has 0 radical (unpaired) electrons. The van der Waals surface area contributed by atoms with Crippen molar-refractivity contribution >= 4 is 53.3 Å². The monoisotopic (exact) mass is 552 g/mol. The van der Waals surface area contributed by atoms with E-state index in [4.69, 9.17) is 18.7 Å². The Labute approximate surface area is 203 Å². The number of methoxy groups -OCH3 is 3. The van der Waals surface area contributed by atoms with E-state index in [1.54, 1.807) is 13.0 Å². The van der Waals surface area contributed by atoms with Crippen molar-refractivity contribution in [3.8, 4) is 17.2 Å². The standard InChI is InChI=1S/C22H21BrN2O6S2/c1-12-19(23)22(31-24-12)25-33(26,27)21-14-7-5-6-8-17(14)32-18(21)11-13-9-15(28-2)20(30-4)16(10-13)29-3/h5-10,25H,11H2,1-4H3. The van der Waals surface area contributed by atoms with Gasteiger partial charge in [-0.25, -0.2) is 13.1 Å². The summed E-state index contributed by atoms with van der Waals surface area (Å²) in [5.41, 5.74) is 1.35. The van der Waals surface area contributed by atoms with Crippen LogP contribution in [0.3, 0.4) is 0 Å². The number of rotatable bonds is 8. The first-order chi connectivity index (χ1) is 15.8. The van der Waals surface area contributed by atoms with Crippen molar-refractivity contribution in [1.29, 1.82) is 0 Å². The molecule has 0 fully saturated rings. The number of thiophene rings is 1. The van der Waals surface area contributed by atoms with Gasteiger partial charge >= 0.3 is 0 Å². The predicted octanol–water partition coefficient (Wildman–Crippen LogP) is 5.38. The van der Waals surface area contributed by atoms with Crippen molar-refractivity contribution < 1.29 is 27.2 Å². The smallest absolute Gasteiger partial charge is 0.266 e. The fourth-order valence-corrected chi connectivity index (χ4v) is 6.85. The molecule has 2 aromatic carbocycles. The number of aromatic nitrogens is 1. The largest absolute Gasteiger partial charge is 0.493 e. The Hall–Kier alpha value is -2.76. The molecule has 0 saturated heterocycles. The van der Waals surface area contributed by atoms with Crippen LogP contribution in [0.2, 0.25) is 0 Å². The van der Waals surface area contributed by atoms with Gasteiger partial charge in [-0.05, 0) is 46.6 Å². The molecule has 4 rings (SSSR count). The molecule has 0 aliphatic rings. The number of fused-ring (bicyclic) bond motifs is 1. The van der Waals surface area contributed by atoms with Gasteiger partial charge in [0.25, 0.3) is 15.9 Å². The van der Waals surface area contributed by atoms with E-state index in [0.717, 1.165) is 10.3 Å². The van der Waals surface area contributed by atoms with Crippen molar-refractivity contribution in [3.63, 3.8) is 0 Å². The molecule has 0 unspecified atom stereocenters. The van der Waals surface area contributed by atoms with Gasteiger partial charge in [-0.15, -0.1) is 11.3 Å². The quantitative estimate of drug-likeness (QED) is 0.313. The van der Waals surface area contributed by atoms with Crippen molar-refractivity contribution in [2.75, 3.05) is 26.1 Å². The van der Waals surface area contributed by atoms with Crippen LogP contribution in [0.5, 0.6) is 17.2 Å². The molecule has 1 N–H and O–H groups in total. The number of benzene rings is 2. The highest BCUT2D eigenvalue weighted by molar-refractivity contribution is 9.10. The van der Waals surface area contributed by atoms with E-state index < -0.39 is 10.0 Å². The lowest BCUT2D eigenvalue weighted by Crippen LogP contribution is -2.14. The number of hydrogen-bond donors (Lipinski definition) is 1. The normalized spacial score (nSPS) is 11.5. The van der Waals surface area contributed by atoms with Gasteiger partial charge in [0.15, 0.2) is 11.5 Å². The van der Waals surface area contributed by atoms with Crippen molar-refractivity contribution in [2.24, 2.45) is 0 Å². The minimum absolute atomic E-state index is 0.0292. The van der Waals surface area contributed by atoms with Gasteiger partial charge in [0.05, 0.1) is 27.0 Å². The maximum Gasteiger partial charge on any atom is 0.266 e. The molecule has 11 heteroatoms. The number of nitrogens with zero attached hydrogens (tertiary/aromatic N) is 1. The molecule has 0 bridgehead atoms. The molecular weight excluding hydrogens is 532 g/mol. The fourth-order valence-electron chi connectivity index (χ4n) is 3.50. The molecule has 0 aliphatic carbocycles. The highest BCUT2D eigenvalue weighted by atomic mass is 79.9. The molecule has 0 spiro atoms. The summed E-state index contributed by atoms with van der Waals surface area (Å²) in [6, 6.07) is 11.0. The molecular formula is C22H21BrN2O6S2. The zero-order valence-electron chi connectivity index (χ0n) is 18.3. The molecule has 0 atom stereocenters. The first-order valence-corrected chi connectivity index (χ1v) is 12.8. The highest BCUT2D eigenvalue weighted by Gasteiger charge is 2.28. The second-order valence-corrected chi connectivity index (χ2v) is 10.6. The number of sulfonamides is 1. The van der Waals surface area contributed by atoms with Crippen LogP contribution in [0.25, 0.3) is 10.1 Å². The maximum absolute atomic E-state index is 13.5. The van der Waals surface area contributed by atoms with Crippen LogP contribution in [0, 0.1) is 6.92 Å². The summed E-state index contributed by atoms with van der Waals surface area (Å²) < 4.78 is 52.3. The van der Waals surface area contributed by atoms with Gasteiger partial charge in [-0.3, -0.25) is 0 Å². The zero-order chi connectivity index (χ0) is 23.8. The van der Waals surface area contributed by atoms with Crippen molar-refractivity contribution in [1.82, 2.24) is 5.16 Å². The van der Waals surface area contributed by atoms with E-state index in [0.29, 0.717) is 44.1 Å². The highest BCUT2D eigenvalue weighted by Crippen LogP contribution is 2.42. The molecule has 2 aromatic heterocycles. The SMILES string of the molecule is COc1cc(Cc2sc3ccccc3c2S(=O)(=O)Nc2onc(C)c2Br)cc(OC)c1OC. The lowest BCUT2D eigenvalue weighted by atomic mass is 10.1. The molecule has 174 valence electrons. The lowest BCUT2D eigenvalue weighted by molar-refractivity contribution is 0.324. The summed E-state index contributed by atoms with van der Waals surface area (Å²) in [6.07, 6.45) is 0.336. The molecule has 4 aromatic rings. The molecule has 2 heterocycles. The average molecular weight is 553 g/mol. The summed E-state index contributed by atoms with van der Waals surface area (Å²) in [6.45, 7) is 1.71. The van der Waals surface area contributed by atoms with E-state index in [2.05, 4.69) is 25.8 Å². The third-order valence-electron chi connectivity index (χ3n) is 4.99. The molecule has 8 nitrogen and oxygen atoms in total. The Morgan fingerprint density at radius 2 is 1.76 bits per heavy atom. The first-order valence-electron chi connectivity index (χ1n) is 9.73. The first kappa shape index (κ1) is 23.4. The third-order valence-corrected chi connectivity index (χ3v) is 8.69. The van der Waals surface area contributed by atoms with Crippen molar-refractivity contribution in [3.05, 3.63) is 57.0 Å². The van der Waals surface area contributed by atoms with E-state index in [-0.39, 0.29) is 10.8 Å². The zero-order valence-corrected chi connectivity index (χ0v) is 21.5. The summed E-state index contributed by atoms with van der Waals surface area (Å²) in [7, 11) is 0.621. The maximum atomic E-state index is 13.5. The van der Waals surface area contributed by atoms with Gasteiger partial charge in [0.1, 0.15) is 9.37 Å². The molecule has 33 heavy (non-hydrogen) atoms. The van der Waals surface area contributed by atoms with Gasteiger partial charge in [0, 0.05) is 21.4 Å². The summed E-state index contributed by atoms with van der Waals surface area (Å²) >= 11 is 4.73. The van der Waals surface area contributed by atoms with Crippen LogP contribution in [0.4, 0.5) is 5.88 Å². The Balaban J connectivity index is 1.83. The van der Waals surface area contributed by atoms with E-state index in [1.165, 1.54) is 32.7 Å². The molecule has 0 aliphatic heterocycles. The number of ether oxygens (including phenoxy) is 3. The Kier molecular flexibility index (Phi) is 6.55. The van der Waals surface area contributed by atoms with Crippen LogP contribution < -0.4 is 18.9 Å². The fraction of sp³-hybridized carbons (Fsp3) is 0.227. The summed E-state index contributed by atoms with van der Waals surface area (Å²) in [5, 5.41) is 4.43. The summed E-state index contributed by atoms with van der Waals surface area (Å²) in [4.78, 5) is 0.850. The minimum Gasteiger partial charge on any atom is -0.493 e. The Morgan fingerprint density at radius 1 is 1.09 bits per heavy atom. The average Bonchev–Trinajstić information content (AvgIpc) is 3.32. The van der Waals surface area contributed by atoms with Gasteiger partial charge in [0.2, 0.25) is 5.75 Å². The van der Waals surface area contributed by atoms with Crippen LogP contribution in [-0.2, 0) is 16.4 Å². The Morgan fingerprint density at radius 3 is 2.33 bits per heavy atom. The number of halogens is 1. The van der Waals surface area contributed by atoms with Crippen LogP contribution >= 0.6 is 27.3 Å². The predicted molar refractivity (Wildman–Crippen MR) is 130 cm³/mol. The van der Waals surface area contributed by atoms with Gasteiger partial charge < -0.3 is 18.7 Å². The van der Waals surface area contributed by atoms with Gasteiger partial charge in [-0.2, -0.15) is 0 Å². The number of aryl methyl sites for hydroxylation is 1. The lowest BCUT2D eigenvalue weighted by Gasteiger charge is -2.14. The number of anilines is 1. The van der Waals surface area contributed by atoms with Gasteiger partial charge in [-0.1, -0.05) is 23.4 Å². The summed E-state index contributed by atoms with van der Waals surface area (Å²) in [5.74, 6) is 1.50. The number of hydrogen-bond acceptors (Lipinski definition) is 8. The van der Waals surface area contributed by atoms with E-state index in [1.807, 2.05) is 30.3 Å². The van der Waals surface area contributed by atoms with E-state index >= 15 is 0 Å². The van der Waals surface area contributed by atoms with Crippen LogP contribution in [-0.4, -0.2) is 34.9 Å². The Bertz CT molecular complexity index is 1400. The third kappa shape index (κ3) is 4.40. The van der Waals surface area contributed by atoms with Crippen LogP contribution in [0.15, 0.2) is 50.3 Å². The minimum atomic E-state index is -3.99. The molecule has 0 saturated carbocycles. The second kappa shape index (κ2) is 9.24. The van der Waals surface area contributed by atoms with Crippen molar-refractivity contribution in [2.45, 2.75) is 18.2 Å². The van der Waals surface area contributed by atoms with E-state index in [9.17, 15) is 8.42 Å². The molecule has 0 amide bonds. The number of nitrogens with one attached hydrogen (secondary N) is 1. The second-order valence-electron chi connectivity index (χ2n) is 7.08. The topological polar surface area (TPSA) is 99.9 Å². The van der Waals surface area contributed by atoms with Crippen LogP contribution in [0.1, 0.15) is 16.1 Å².